The number of nitrogens with one attached hydrogen (secondary N) is 1. The summed E-state index contributed by atoms with van der Waals surface area (Å²) in [7, 11) is 0. The van der Waals surface area contributed by atoms with Crippen molar-refractivity contribution in [3.63, 3.8) is 0 Å². The standard InChI is InChI=1S/C15H20ClNO2/c1-10-13(6-3-7-14(10)16)15(19)17-8-11-4-2-5-12(11)9-18/h3,6-7,11-12,18H,2,4-5,8-9H2,1H3,(H,17,19). The van der Waals surface area contributed by atoms with Gasteiger partial charge in [-0.3, -0.25) is 4.79 Å². The van der Waals surface area contributed by atoms with Crippen LogP contribution in [0.1, 0.15) is 35.2 Å². The van der Waals surface area contributed by atoms with E-state index in [9.17, 15) is 9.90 Å². The fourth-order valence-electron chi connectivity index (χ4n) is 2.80. The molecule has 0 heterocycles. The van der Waals surface area contributed by atoms with Gasteiger partial charge < -0.3 is 10.4 Å². The zero-order valence-electron chi connectivity index (χ0n) is 11.2. The summed E-state index contributed by atoms with van der Waals surface area (Å²) >= 11 is 6.02. The van der Waals surface area contributed by atoms with Gasteiger partial charge in [0.25, 0.3) is 5.91 Å². The highest BCUT2D eigenvalue weighted by atomic mass is 35.5. The summed E-state index contributed by atoms with van der Waals surface area (Å²) in [6.45, 7) is 2.70. The zero-order valence-corrected chi connectivity index (χ0v) is 11.9. The Morgan fingerprint density at radius 3 is 2.89 bits per heavy atom. The maximum Gasteiger partial charge on any atom is 0.251 e. The van der Waals surface area contributed by atoms with Gasteiger partial charge in [-0.15, -0.1) is 0 Å². The third-order valence-corrected chi connectivity index (χ3v) is 4.50. The summed E-state index contributed by atoms with van der Waals surface area (Å²) in [5, 5.41) is 12.8. The molecule has 0 bridgehead atoms. The molecule has 1 amide bonds. The highest BCUT2D eigenvalue weighted by Crippen LogP contribution is 2.30. The molecule has 1 aliphatic rings. The number of aliphatic hydroxyl groups is 1. The number of amides is 1. The molecule has 0 radical (unpaired) electrons. The number of benzene rings is 1. The van der Waals surface area contributed by atoms with E-state index in [-0.39, 0.29) is 12.5 Å². The summed E-state index contributed by atoms with van der Waals surface area (Å²) in [6, 6.07) is 5.36. The number of aliphatic hydroxyl groups excluding tert-OH is 1. The number of carbonyl (C=O) groups excluding carboxylic acids is 1. The van der Waals surface area contributed by atoms with Gasteiger partial charge in [-0.05, 0) is 49.3 Å². The fraction of sp³-hybridized carbons (Fsp3) is 0.533. The van der Waals surface area contributed by atoms with Gasteiger partial charge in [0.2, 0.25) is 0 Å². The number of rotatable bonds is 4. The topological polar surface area (TPSA) is 49.3 Å². The van der Waals surface area contributed by atoms with Crippen LogP contribution in [0.2, 0.25) is 5.02 Å². The Hall–Kier alpha value is -1.06. The van der Waals surface area contributed by atoms with Crippen molar-refractivity contribution in [2.45, 2.75) is 26.2 Å². The quantitative estimate of drug-likeness (QED) is 0.892. The smallest absolute Gasteiger partial charge is 0.251 e. The highest BCUT2D eigenvalue weighted by Gasteiger charge is 2.26. The Morgan fingerprint density at radius 1 is 1.42 bits per heavy atom. The molecule has 1 aromatic carbocycles. The molecule has 2 rings (SSSR count). The molecule has 4 heteroatoms. The number of hydrogen-bond donors (Lipinski definition) is 2. The first kappa shape index (κ1) is 14.4. The molecule has 0 saturated heterocycles. The highest BCUT2D eigenvalue weighted by molar-refractivity contribution is 6.31. The van der Waals surface area contributed by atoms with Crippen LogP contribution in [-0.2, 0) is 0 Å². The van der Waals surface area contributed by atoms with Crippen molar-refractivity contribution < 1.29 is 9.90 Å². The summed E-state index contributed by atoms with van der Waals surface area (Å²) in [4.78, 5) is 12.1. The summed E-state index contributed by atoms with van der Waals surface area (Å²) in [6.07, 6.45) is 3.29. The van der Waals surface area contributed by atoms with E-state index in [1.54, 1.807) is 18.2 Å². The van der Waals surface area contributed by atoms with E-state index in [1.165, 1.54) is 0 Å². The van der Waals surface area contributed by atoms with Crippen molar-refractivity contribution in [2.24, 2.45) is 11.8 Å². The molecule has 0 spiro atoms. The van der Waals surface area contributed by atoms with Crippen molar-refractivity contribution in [1.82, 2.24) is 5.32 Å². The van der Waals surface area contributed by atoms with Gasteiger partial charge in [-0.1, -0.05) is 24.1 Å². The molecule has 1 fully saturated rings. The molecule has 1 aromatic rings. The van der Waals surface area contributed by atoms with Crippen LogP contribution in [0.3, 0.4) is 0 Å². The lowest BCUT2D eigenvalue weighted by Gasteiger charge is -2.18. The summed E-state index contributed by atoms with van der Waals surface area (Å²) < 4.78 is 0. The molecular weight excluding hydrogens is 262 g/mol. The maximum absolute atomic E-state index is 12.1. The van der Waals surface area contributed by atoms with E-state index in [4.69, 9.17) is 11.6 Å². The van der Waals surface area contributed by atoms with Crippen LogP contribution in [0, 0.1) is 18.8 Å². The lowest BCUT2D eigenvalue weighted by atomic mass is 9.97. The number of hydrogen-bond acceptors (Lipinski definition) is 2. The molecular formula is C15H20ClNO2. The van der Waals surface area contributed by atoms with E-state index in [0.717, 1.165) is 24.8 Å². The Kier molecular flexibility index (Phi) is 4.83. The molecule has 19 heavy (non-hydrogen) atoms. The van der Waals surface area contributed by atoms with E-state index >= 15 is 0 Å². The number of halogens is 1. The Balaban J connectivity index is 1.96. The van der Waals surface area contributed by atoms with Crippen LogP contribution in [0.5, 0.6) is 0 Å². The lowest BCUT2D eigenvalue weighted by Crippen LogP contribution is -2.32. The minimum atomic E-state index is -0.0800. The Bertz CT molecular complexity index is 461. The molecule has 0 aliphatic heterocycles. The van der Waals surface area contributed by atoms with Crippen molar-refractivity contribution in [1.29, 1.82) is 0 Å². The van der Waals surface area contributed by atoms with E-state index in [1.807, 2.05) is 6.92 Å². The van der Waals surface area contributed by atoms with Crippen LogP contribution in [0.4, 0.5) is 0 Å². The Labute approximate surface area is 119 Å². The van der Waals surface area contributed by atoms with Gasteiger partial charge in [0.05, 0.1) is 0 Å². The molecule has 0 aromatic heterocycles. The molecule has 3 nitrogen and oxygen atoms in total. The van der Waals surface area contributed by atoms with Crippen molar-refractivity contribution >= 4 is 17.5 Å². The normalized spacial score (nSPS) is 22.5. The Morgan fingerprint density at radius 2 is 2.16 bits per heavy atom. The average Bonchev–Trinajstić information content (AvgIpc) is 2.86. The SMILES string of the molecule is Cc1c(Cl)cccc1C(=O)NCC1CCCC1CO. The first-order valence-corrected chi connectivity index (χ1v) is 7.15. The zero-order chi connectivity index (χ0) is 13.8. The second kappa shape index (κ2) is 6.40. The van der Waals surface area contributed by atoms with Gasteiger partial charge in [-0.25, -0.2) is 0 Å². The van der Waals surface area contributed by atoms with Gasteiger partial charge in [0.15, 0.2) is 0 Å². The molecule has 1 saturated carbocycles. The number of carbonyl (C=O) groups is 1. The average molecular weight is 282 g/mol. The van der Waals surface area contributed by atoms with Gasteiger partial charge in [-0.2, -0.15) is 0 Å². The van der Waals surface area contributed by atoms with Gasteiger partial charge in [0, 0.05) is 23.7 Å². The third-order valence-electron chi connectivity index (χ3n) is 4.09. The molecule has 2 unspecified atom stereocenters. The van der Waals surface area contributed by atoms with Crippen LogP contribution < -0.4 is 5.32 Å². The van der Waals surface area contributed by atoms with Crippen LogP contribution >= 0.6 is 11.6 Å². The molecule has 2 atom stereocenters. The molecule has 104 valence electrons. The summed E-state index contributed by atoms with van der Waals surface area (Å²) in [5.74, 6) is 0.651. The minimum absolute atomic E-state index is 0.0800. The molecule has 2 N–H and O–H groups in total. The minimum Gasteiger partial charge on any atom is -0.396 e. The van der Waals surface area contributed by atoms with E-state index in [2.05, 4.69) is 5.32 Å². The van der Waals surface area contributed by atoms with Crippen LogP contribution in [0.15, 0.2) is 18.2 Å². The monoisotopic (exact) mass is 281 g/mol. The van der Waals surface area contributed by atoms with E-state index in [0.29, 0.717) is 29.0 Å². The fourth-order valence-corrected chi connectivity index (χ4v) is 2.97. The maximum atomic E-state index is 12.1. The van der Waals surface area contributed by atoms with Crippen molar-refractivity contribution in [3.05, 3.63) is 34.3 Å². The predicted molar refractivity (Wildman–Crippen MR) is 76.4 cm³/mol. The van der Waals surface area contributed by atoms with Crippen molar-refractivity contribution in [3.8, 4) is 0 Å². The van der Waals surface area contributed by atoms with Crippen molar-refractivity contribution in [2.75, 3.05) is 13.2 Å². The molecule has 1 aliphatic carbocycles. The first-order chi connectivity index (χ1) is 9.13. The van der Waals surface area contributed by atoms with Gasteiger partial charge >= 0.3 is 0 Å². The largest absolute Gasteiger partial charge is 0.396 e. The van der Waals surface area contributed by atoms with Crippen LogP contribution in [0.25, 0.3) is 0 Å². The van der Waals surface area contributed by atoms with E-state index < -0.39 is 0 Å². The lowest BCUT2D eigenvalue weighted by molar-refractivity contribution is 0.0937. The second-order valence-corrected chi connectivity index (χ2v) is 5.66. The van der Waals surface area contributed by atoms with Gasteiger partial charge in [0.1, 0.15) is 0 Å². The van der Waals surface area contributed by atoms with Crippen LogP contribution in [-0.4, -0.2) is 24.2 Å². The second-order valence-electron chi connectivity index (χ2n) is 5.26. The third kappa shape index (κ3) is 3.28. The predicted octanol–water partition coefficient (Wildman–Crippen LogP) is 2.79. The summed E-state index contributed by atoms with van der Waals surface area (Å²) in [5.41, 5.74) is 1.44. The first-order valence-electron chi connectivity index (χ1n) is 6.77.